The summed E-state index contributed by atoms with van der Waals surface area (Å²) in [4.78, 5) is 26.7. The molecule has 1 N–H and O–H groups in total. The molecule has 0 spiro atoms. The maximum Gasteiger partial charge on any atom is 0.260 e. The van der Waals surface area contributed by atoms with Crippen LogP contribution in [0, 0.1) is 5.92 Å². The third-order valence-corrected chi connectivity index (χ3v) is 5.25. The minimum absolute atomic E-state index is 0.0175. The lowest BCUT2D eigenvalue weighted by Gasteiger charge is -2.31. The highest BCUT2D eigenvalue weighted by atomic mass is 16.5. The number of nitrogens with one attached hydrogen (secondary N) is 1. The molecular formula is C24H30N2O5. The van der Waals surface area contributed by atoms with Gasteiger partial charge in [-0.3, -0.25) is 9.59 Å². The van der Waals surface area contributed by atoms with Gasteiger partial charge < -0.3 is 24.4 Å². The zero-order valence-corrected chi connectivity index (χ0v) is 17.9. The van der Waals surface area contributed by atoms with Crippen LogP contribution in [0.15, 0.2) is 54.6 Å². The molecule has 3 rings (SSSR count). The van der Waals surface area contributed by atoms with E-state index in [-0.39, 0.29) is 24.3 Å². The molecule has 0 radical (unpaired) electrons. The van der Waals surface area contributed by atoms with E-state index in [4.69, 9.17) is 14.2 Å². The van der Waals surface area contributed by atoms with Crippen molar-refractivity contribution in [3.63, 3.8) is 0 Å². The third-order valence-electron chi connectivity index (χ3n) is 5.25. The number of piperidine rings is 1. The average Bonchev–Trinajstić information content (AvgIpc) is 2.82. The van der Waals surface area contributed by atoms with Crippen LogP contribution in [0.3, 0.4) is 0 Å². The predicted octanol–water partition coefficient (Wildman–Crippen LogP) is 2.65. The Balaban J connectivity index is 1.38. The highest BCUT2D eigenvalue weighted by molar-refractivity contribution is 5.80. The van der Waals surface area contributed by atoms with Gasteiger partial charge in [0.15, 0.2) is 6.61 Å². The summed E-state index contributed by atoms with van der Waals surface area (Å²) in [5.41, 5.74) is 0.981. The lowest BCUT2D eigenvalue weighted by molar-refractivity contribution is -0.137. The standard InChI is InChI=1S/C24H30N2O5/c1-29-14-15-30-22-9-5-6-19(16-22)17-25-24(28)20-10-12-26(13-11-20)23(27)18-31-21-7-3-2-4-8-21/h2-9,16,20H,10-15,17-18H2,1H3,(H,25,28). The van der Waals surface area contributed by atoms with Gasteiger partial charge in [0.05, 0.1) is 6.61 Å². The SMILES string of the molecule is COCCOc1cccc(CNC(=O)C2CCN(C(=O)COc3ccccc3)CC2)c1. The van der Waals surface area contributed by atoms with Gasteiger partial charge in [-0.05, 0) is 42.7 Å². The number of amides is 2. The molecule has 0 unspecified atom stereocenters. The van der Waals surface area contributed by atoms with Crippen LogP contribution in [-0.4, -0.2) is 56.7 Å². The minimum atomic E-state index is -0.0831. The van der Waals surface area contributed by atoms with Crippen molar-refractivity contribution in [3.05, 3.63) is 60.2 Å². The summed E-state index contributed by atoms with van der Waals surface area (Å²) in [7, 11) is 1.63. The monoisotopic (exact) mass is 426 g/mol. The molecule has 0 aliphatic carbocycles. The number of hydrogen-bond donors (Lipinski definition) is 1. The molecule has 7 nitrogen and oxygen atoms in total. The molecule has 0 aromatic heterocycles. The Morgan fingerprint density at radius 3 is 2.45 bits per heavy atom. The maximum absolute atomic E-state index is 12.6. The number of rotatable bonds is 10. The van der Waals surface area contributed by atoms with E-state index in [2.05, 4.69) is 5.32 Å². The summed E-state index contributed by atoms with van der Waals surface area (Å²) < 4.78 is 16.1. The second kappa shape index (κ2) is 12.0. The maximum atomic E-state index is 12.6. The first kappa shape index (κ1) is 22.6. The summed E-state index contributed by atoms with van der Waals surface area (Å²) in [5.74, 6) is 1.33. The summed E-state index contributed by atoms with van der Waals surface area (Å²) in [5, 5.41) is 3.01. The zero-order chi connectivity index (χ0) is 21.9. The first-order valence-corrected chi connectivity index (χ1v) is 10.6. The first-order chi connectivity index (χ1) is 15.2. The van der Waals surface area contributed by atoms with Gasteiger partial charge in [0.25, 0.3) is 5.91 Å². The first-order valence-electron chi connectivity index (χ1n) is 10.6. The molecule has 166 valence electrons. The van der Waals surface area contributed by atoms with Crippen molar-refractivity contribution in [2.24, 2.45) is 5.92 Å². The summed E-state index contributed by atoms with van der Waals surface area (Å²) in [6, 6.07) is 17.0. The minimum Gasteiger partial charge on any atom is -0.491 e. The fraction of sp³-hybridized carbons (Fsp3) is 0.417. The fourth-order valence-electron chi connectivity index (χ4n) is 3.47. The number of carbonyl (C=O) groups excluding carboxylic acids is 2. The van der Waals surface area contributed by atoms with Gasteiger partial charge in [0.2, 0.25) is 5.91 Å². The number of nitrogens with zero attached hydrogens (tertiary/aromatic N) is 1. The van der Waals surface area contributed by atoms with E-state index in [0.29, 0.717) is 51.4 Å². The van der Waals surface area contributed by atoms with Crippen LogP contribution in [0.2, 0.25) is 0 Å². The normalized spacial score (nSPS) is 14.2. The second-order valence-corrected chi connectivity index (χ2v) is 7.46. The van der Waals surface area contributed by atoms with E-state index in [1.54, 1.807) is 12.0 Å². The van der Waals surface area contributed by atoms with E-state index in [1.165, 1.54) is 0 Å². The van der Waals surface area contributed by atoms with Gasteiger partial charge in [-0.1, -0.05) is 30.3 Å². The fourth-order valence-corrected chi connectivity index (χ4v) is 3.47. The number of benzene rings is 2. The van der Waals surface area contributed by atoms with Crippen LogP contribution in [0.5, 0.6) is 11.5 Å². The van der Waals surface area contributed by atoms with Crippen molar-refractivity contribution in [1.82, 2.24) is 10.2 Å². The van der Waals surface area contributed by atoms with E-state index in [1.807, 2.05) is 54.6 Å². The Hall–Kier alpha value is -3.06. The number of hydrogen-bond acceptors (Lipinski definition) is 5. The van der Waals surface area contributed by atoms with Gasteiger partial charge in [0.1, 0.15) is 18.1 Å². The largest absolute Gasteiger partial charge is 0.491 e. The summed E-state index contributed by atoms with van der Waals surface area (Å²) >= 11 is 0. The molecule has 1 aliphatic heterocycles. The molecule has 2 aromatic carbocycles. The van der Waals surface area contributed by atoms with Crippen molar-refractivity contribution < 1.29 is 23.8 Å². The van der Waals surface area contributed by atoms with Crippen LogP contribution < -0.4 is 14.8 Å². The van der Waals surface area contributed by atoms with Crippen LogP contribution in [0.1, 0.15) is 18.4 Å². The number of methoxy groups -OCH3 is 1. The quantitative estimate of drug-likeness (QED) is 0.591. The van der Waals surface area contributed by atoms with E-state index >= 15 is 0 Å². The van der Waals surface area contributed by atoms with E-state index in [9.17, 15) is 9.59 Å². The lowest BCUT2D eigenvalue weighted by atomic mass is 9.95. The lowest BCUT2D eigenvalue weighted by Crippen LogP contribution is -2.44. The van der Waals surface area contributed by atoms with Crippen molar-refractivity contribution in [2.45, 2.75) is 19.4 Å². The molecule has 1 saturated heterocycles. The van der Waals surface area contributed by atoms with Crippen LogP contribution in [0.4, 0.5) is 0 Å². The molecule has 0 atom stereocenters. The molecule has 1 aliphatic rings. The zero-order valence-electron chi connectivity index (χ0n) is 17.9. The summed E-state index contributed by atoms with van der Waals surface area (Å²) in [6.07, 6.45) is 1.31. The van der Waals surface area contributed by atoms with Crippen molar-refractivity contribution in [3.8, 4) is 11.5 Å². The van der Waals surface area contributed by atoms with Crippen LogP contribution >= 0.6 is 0 Å². The molecule has 0 saturated carbocycles. The van der Waals surface area contributed by atoms with Crippen molar-refractivity contribution in [1.29, 1.82) is 0 Å². The predicted molar refractivity (Wildman–Crippen MR) is 117 cm³/mol. The molecule has 2 aromatic rings. The Kier molecular flexibility index (Phi) is 8.72. The molecular weight excluding hydrogens is 396 g/mol. The van der Waals surface area contributed by atoms with Gasteiger partial charge in [0, 0.05) is 32.7 Å². The van der Waals surface area contributed by atoms with E-state index in [0.717, 1.165) is 11.3 Å². The Bertz CT molecular complexity index is 835. The third kappa shape index (κ3) is 7.29. The Morgan fingerprint density at radius 2 is 1.71 bits per heavy atom. The number of para-hydroxylation sites is 1. The average molecular weight is 427 g/mol. The molecule has 1 fully saturated rings. The highest BCUT2D eigenvalue weighted by Crippen LogP contribution is 2.19. The highest BCUT2D eigenvalue weighted by Gasteiger charge is 2.27. The van der Waals surface area contributed by atoms with E-state index < -0.39 is 0 Å². The smallest absolute Gasteiger partial charge is 0.260 e. The van der Waals surface area contributed by atoms with Gasteiger partial charge in [-0.2, -0.15) is 0 Å². The van der Waals surface area contributed by atoms with Gasteiger partial charge in [-0.25, -0.2) is 0 Å². The molecule has 7 heteroatoms. The summed E-state index contributed by atoms with van der Waals surface area (Å²) in [6.45, 7) is 2.62. The Morgan fingerprint density at radius 1 is 0.968 bits per heavy atom. The van der Waals surface area contributed by atoms with Crippen LogP contribution in [0.25, 0.3) is 0 Å². The molecule has 1 heterocycles. The van der Waals surface area contributed by atoms with Crippen molar-refractivity contribution >= 4 is 11.8 Å². The van der Waals surface area contributed by atoms with Gasteiger partial charge >= 0.3 is 0 Å². The molecule has 31 heavy (non-hydrogen) atoms. The second-order valence-electron chi connectivity index (χ2n) is 7.46. The van der Waals surface area contributed by atoms with Crippen molar-refractivity contribution in [2.75, 3.05) is 40.0 Å². The van der Waals surface area contributed by atoms with Gasteiger partial charge in [-0.15, -0.1) is 0 Å². The number of ether oxygens (including phenoxy) is 3. The Labute approximate surface area is 183 Å². The number of likely N-dealkylation sites (tertiary alicyclic amines) is 1. The number of carbonyl (C=O) groups is 2. The van der Waals surface area contributed by atoms with Crippen LogP contribution in [-0.2, 0) is 20.9 Å². The molecule has 0 bridgehead atoms. The molecule has 2 amide bonds. The topological polar surface area (TPSA) is 77.1 Å².